The van der Waals surface area contributed by atoms with E-state index in [4.69, 9.17) is 16.3 Å². The lowest BCUT2D eigenvalue weighted by molar-refractivity contribution is 0.180. The Morgan fingerprint density at radius 1 is 1.45 bits per heavy atom. The van der Waals surface area contributed by atoms with Crippen molar-refractivity contribution in [1.82, 2.24) is 15.1 Å². The van der Waals surface area contributed by atoms with Crippen molar-refractivity contribution in [3.05, 3.63) is 16.9 Å². The van der Waals surface area contributed by atoms with Gasteiger partial charge in [0.15, 0.2) is 0 Å². The Balaban J connectivity index is 2.94. The van der Waals surface area contributed by atoms with E-state index in [1.165, 1.54) is 19.3 Å². The molecule has 20 heavy (non-hydrogen) atoms. The molecule has 5 heteroatoms. The lowest BCUT2D eigenvalue weighted by Gasteiger charge is -2.27. The molecule has 0 fully saturated rings. The maximum atomic E-state index is 6.37. The van der Waals surface area contributed by atoms with E-state index in [1.54, 1.807) is 13.3 Å². The summed E-state index contributed by atoms with van der Waals surface area (Å²) in [6.07, 6.45) is 6.56. The van der Waals surface area contributed by atoms with Crippen LogP contribution < -0.4 is 5.32 Å². The van der Waals surface area contributed by atoms with E-state index < -0.39 is 0 Å². The summed E-state index contributed by atoms with van der Waals surface area (Å²) in [5.74, 6) is 0.579. The second-order valence-corrected chi connectivity index (χ2v) is 5.58. The molecule has 0 saturated carbocycles. The molecule has 0 bridgehead atoms. The zero-order valence-electron chi connectivity index (χ0n) is 13.2. The number of unbranched alkanes of at least 4 members (excludes halogenated alkanes) is 1. The highest BCUT2D eigenvalue weighted by molar-refractivity contribution is 6.31. The summed E-state index contributed by atoms with van der Waals surface area (Å²) < 4.78 is 7.12. The maximum Gasteiger partial charge on any atom is 0.0834 e. The molecule has 116 valence electrons. The standard InChI is InChI=1S/C15H28ClN3O/c1-5-7-8-12(6-2)14(17-3)15-13(16)11-18-19(15)9-10-20-4/h11-12,14,17H,5-10H2,1-4H3. The zero-order valence-corrected chi connectivity index (χ0v) is 13.9. The highest BCUT2D eigenvalue weighted by Gasteiger charge is 2.25. The Bertz CT molecular complexity index is 381. The van der Waals surface area contributed by atoms with Crippen LogP contribution in [0.4, 0.5) is 0 Å². The molecule has 2 unspecified atom stereocenters. The van der Waals surface area contributed by atoms with Crippen LogP contribution in [0.3, 0.4) is 0 Å². The SMILES string of the molecule is CCCCC(CC)C(NC)c1c(Cl)cnn1CCOC. The second kappa shape index (κ2) is 9.37. The molecular formula is C15H28ClN3O. The minimum Gasteiger partial charge on any atom is -0.383 e. The second-order valence-electron chi connectivity index (χ2n) is 5.17. The number of aromatic nitrogens is 2. The molecule has 0 aliphatic heterocycles. The van der Waals surface area contributed by atoms with Gasteiger partial charge in [0.05, 0.1) is 36.1 Å². The van der Waals surface area contributed by atoms with Gasteiger partial charge in [0.1, 0.15) is 0 Å². The van der Waals surface area contributed by atoms with Gasteiger partial charge in [-0.1, -0.05) is 44.7 Å². The largest absolute Gasteiger partial charge is 0.383 e. The molecule has 0 aliphatic carbocycles. The van der Waals surface area contributed by atoms with Crippen LogP contribution in [0.1, 0.15) is 51.3 Å². The molecule has 1 heterocycles. The molecule has 0 saturated heterocycles. The molecular weight excluding hydrogens is 274 g/mol. The summed E-state index contributed by atoms with van der Waals surface area (Å²) in [6.45, 7) is 5.86. The van der Waals surface area contributed by atoms with Crippen molar-refractivity contribution in [3.8, 4) is 0 Å². The van der Waals surface area contributed by atoms with Gasteiger partial charge < -0.3 is 10.1 Å². The van der Waals surface area contributed by atoms with Crippen molar-refractivity contribution in [3.63, 3.8) is 0 Å². The molecule has 0 aromatic carbocycles. The van der Waals surface area contributed by atoms with Crippen molar-refractivity contribution in [2.24, 2.45) is 5.92 Å². The summed E-state index contributed by atoms with van der Waals surface area (Å²) in [5.41, 5.74) is 1.09. The van der Waals surface area contributed by atoms with Gasteiger partial charge in [-0.15, -0.1) is 0 Å². The average molecular weight is 302 g/mol. The van der Waals surface area contributed by atoms with E-state index in [0.29, 0.717) is 12.5 Å². The van der Waals surface area contributed by atoms with Crippen LogP contribution in [0.15, 0.2) is 6.20 Å². The van der Waals surface area contributed by atoms with Gasteiger partial charge >= 0.3 is 0 Å². The molecule has 1 aromatic rings. The van der Waals surface area contributed by atoms with Crippen molar-refractivity contribution >= 4 is 11.6 Å². The minimum absolute atomic E-state index is 0.249. The predicted octanol–water partition coefficient (Wildman–Crippen LogP) is 3.66. The van der Waals surface area contributed by atoms with Crippen LogP contribution in [0.25, 0.3) is 0 Å². The fourth-order valence-electron chi connectivity index (χ4n) is 2.71. The lowest BCUT2D eigenvalue weighted by atomic mass is 9.89. The number of methoxy groups -OCH3 is 1. The number of nitrogens with zero attached hydrogens (tertiary/aromatic N) is 2. The van der Waals surface area contributed by atoms with Gasteiger partial charge in [0.25, 0.3) is 0 Å². The van der Waals surface area contributed by atoms with Gasteiger partial charge in [-0.25, -0.2) is 0 Å². The number of hydrogen-bond acceptors (Lipinski definition) is 3. The number of halogens is 1. The third kappa shape index (κ3) is 4.47. The number of rotatable bonds is 10. The third-order valence-corrected chi connectivity index (χ3v) is 4.16. The first-order valence-electron chi connectivity index (χ1n) is 7.56. The average Bonchev–Trinajstić information content (AvgIpc) is 2.82. The molecule has 0 amide bonds. The predicted molar refractivity (Wildman–Crippen MR) is 84.2 cm³/mol. The monoisotopic (exact) mass is 301 g/mol. The first kappa shape index (κ1) is 17.5. The smallest absolute Gasteiger partial charge is 0.0834 e. The molecule has 0 spiro atoms. The zero-order chi connectivity index (χ0) is 15.0. The summed E-state index contributed by atoms with van der Waals surface area (Å²) >= 11 is 6.37. The number of nitrogens with one attached hydrogen (secondary N) is 1. The third-order valence-electron chi connectivity index (χ3n) is 3.87. The molecule has 1 rings (SSSR count). The normalized spacial score (nSPS) is 14.4. The molecule has 1 aromatic heterocycles. The van der Waals surface area contributed by atoms with E-state index in [9.17, 15) is 0 Å². The first-order chi connectivity index (χ1) is 9.69. The minimum atomic E-state index is 0.249. The van der Waals surface area contributed by atoms with Gasteiger partial charge in [-0.05, 0) is 19.4 Å². The van der Waals surface area contributed by atoms with Crippen LogP contribution in [0.2, 0.25) is 5.02 Å². The highest BCUT2D eigenvalue weighted by atomic mass is 35.5. The molecule has 2 atom stereocenters. The fraction of sp³-hybridized carbons (Fsp3) is 0.800. The lowest BCUT2D eigenvalue weighted by Crippen LogP contribution is -2.28. The van der Waals surface area contributed by atoms with Crippen molar-refractivity contribution in [2.45, 2.75) is 52.1 Å². The van der Waals surface area contributed by atoms with E-state index in [2.05, 4.69) is 24.3 Å². The Labute approximate surface area is 127 Å². The highest BCUT2D eigenvalue weighted by Crippen LogP contribution is 2.32. The fourth-order valence-corrected chi connectivity index (χ4v) is 2.96. The number of ether oxygens (including phenoxy) is 1. The Hall–Kier alpha value is -0.580. The van der Waals surface area contributed by atoms with E-state index in [-0.39, 0.29) is 6.04 Å². The van der Waals surface area contributed by atoms with Gasteiger partial charge in [0, 0.05) is 7.11 Å². The van der Waals surface area contributed by atoms with Crippen LogP contribution in [0.5, 0.6) is 0 Å². The maximum absolute atomic E-state index is 6.37. The molecule has 4 nitrogen and oxygen atoms in total. The van der Waals surface area contributed by atoms with E-state index >= 15 is 0 Å². The van der Waals surface area contributed by atoms with Crippen LogP contribution in [0, 0.1) is 5.92 Å². The molecule has 0 radical (unpaired) electrons. The molecule has 0 aliphatic rings. The van der Waals surface area contributed by atoms with Crippen LogP contribution >= 0.6 is 11.6 Å². The van der Waals surface area contributed by atoms with Crippen molar-refractivity contribution in [1.29, 1.82) is 0 Å². The van der Waals surface area contributed by atoms with Crippen LogP contribution in [-0.2, 0) is 11.3 Å². The Morgan fingerprint density at radius 3 is 2.75 bits per heavy atom. The van der Waals surface area contributed by atoms with E-state index in [1.807, 2.05) is 11.7 Å². The first-order valence-corrected chi connectivity index (χ1v) is 7.94. The van der Waals surface area contributed by atoms with Crippen LogP contribution in [-0.4, -0.2) is 30.5 Å². The van der Waals surface area contributed by atoms with Crippen molar-refractivity contribution in [2.75, 3.05) is 20.8 Å². The Morgan fingerprint density at radius 2 is 2.20 bits per heavy atom. The summed E-state index contributed by atoms with van der Waals surface area (Å²) in [4.78, 5) is 0. The summed E-state index contributed by atoms with van der Waals surface area (Å²) in [5, 5.41) is 8.57. The number of hydrogen-bond donors (Lipinski definition) is 1. The quantitative estimate of drug-likeness (QED) is 0.717. The molecule has 1 N–H and O–H groups in total. The summed E-state index contributed by atoms with van der Waals surface area (Å²) in [6, 6.07) is 0.249. The van der Waals surface area contributed by atoms with E-state index in [0.717, 1.165) is 23.7 Å². The van der Waals surface area contributed by atoms with Gasteiger partial charge in [-0.2, -0.15) is 5.10 Å². The van der Waals surface area contributed by atoms with Gasteiger partial charge in [0.2, 0.25) is 0 Å². The van der Waals surface area contributed by atoms with Crippen molar-refractivity contribution < 1.29 is 4.74 Å². The Kier molecular flexibility index (Phi) is 8.19. The summed E-state index contributed by atoms with van der Waals surface area (Å²) in [7, 11) is 3.71. The topological polar surface area (TPSA) is 39.1 Å². The van der Waals surface area contributed by atoms with Gasteiger partial charge in [-0.3, -0.25) is 4.68 Å².